The summed E-state index contributed by atoms with van der Waals surface area (Å²) in [7, 11) is 0. The molecule has 0 aliphatic rings. The normalized spacial score (nSPS) is 10.8. The van der Waals surface area contributed by atoms with Crippen LogP contribution in [0.15, 0.2) is 30.3 Å². The maximum Gasteiger partial charge on any atom is 0.572 e. The number of rotatable bonds is 1. The van der Waals surface area contributed by atoms with Crippen LogP contribution in [0.25, 0.3) is 0 Å². The molecule has 0 atom stereocenters. The first-order valence-electron chi connectivity index (χ1n) is 3.18. The zero-order valence-electron chi connectivity index (χ0n) is 5.73. The molecule has 0 saturated carbocycles. The molecule has 0 aromatic heterocycles. The predicted molar refractivity (Wildman–Crippen MR) is 37.9 cm³/mol. The molecule has 0 spiro atoms. The molecular formula is C7H5F3Mg. The predicted octanol–water partition coefficient (Wildman–Crippen LogP) is 1.54. The van der Waals surface area contributed by atoms with Crippen molar-refractivity contribution in [1.29, 1.82) is 0 Å². The molecule has 1 aromatic carbocycles. The molecule has 0 unspecified atom stereocenters. The Hall–Kier alpha value is -0.224. The minimum absolute atomic E-state index is 0.444. The largest absolute Gasteiger partial charge is 0.572 e. The van der Waals surface area contributed by atoms with Crippen LogP contribution in [0, 0.1) is 0 Å². The van der Waals surface area contributed by atoms with E-state index in [-0.39, 0.29) is 0 Å². The van der Waals surface area contributed by atoms with E-state index < -0.39 is 24.7 Å². The number of hydrogen-bond acceptors (Lipinski definition) is 0. The summed E-state index contributed by atoms with van der Waals surface area (Å²) in [5.41, 5.74) is 0. The van der Waals surface area contributed by atoms with Gasteiger partial charge < -0.3 is 0 Å². The SMILES string of the molecule is F[C](F)(F)[Mg][c]1ccccc1. The van der Waals surface area contributed by atoms with Gasteiger partial charge in [0.15, 0.2) is 0 Å². The number of alkyl halides is 3. The number of halogens is 3. The monoisotopic (exact) mass is 170 g/mol. The summed E-state index contributed by atoms with van der Waals surface area (Å²) in [6.45, 7) is 0. The van der Waals surface area contributed by atoms with Gasteiger partial charge in [0.05, 0.1) is 0 Å². The van der Waals surface area contributed by atoms with Crippen molar-refractivity contribution in [3.63, 3.8) is 0 Å². The highest BCUT2D eigenvalue weighted by molar-refractivity contribution is 6.55. The highest BCUT2D eigenvalue weighted by atomic mass is 24.5. The Morgan fingerprint density at radius 2 is 1.55 bits per heavy atom. The van der Waals surface area contributed by atoms with E-state index in [0.717, 1.165) is 0 Å². The van der Waals surface area contributed by atoms with Crippen LogP contribution in [0.4, 0.5) is 13.2 Å². The lowest BCUT2D eigenvalue weighted by molar-refractivity contribution is -0.0455. The van der Waals surface area contributed by atoms with Crippen LogP contribution in [-0.2, 0) is 0 Å². The van der Waals surface area contributed by atoms with Crippen LogP contribution in [0.1, 0.15) is 0 Å². The molecule has 11 heavy (non-hydrogen) atoms. The van der Waals surface area contributed by atoms with Gasteiger partial charge in [-0.25, -0.2) is 13.2 Å². The quantitative estimate of drug-likeness (QED) is 0.561. The van der Waals surface area contributed by atoms with E-state index in [1.165, 1.54) is 12.1 Å². The van der Waals surface area contributed by atoms with E-state index in [1.807, 2.05) is 0 Å². The van der Waals surface area contributed by atoms with Gasteiger partial charge in [-0.15, -0.1) is 0 Å². The number of benzene rings is 1. The lowest BCUT2D eigenvalue weighted by Crippen LogP contribution is -2.29. The van der Waals surface area contributed by atoms with Crippen LogP contribution >= 0.6 is 0 Å². The first-order valence-corrected chi connectivity index (χ1v) is 4.60. The maximum absolute atomic E-state index is 11.8. The van der Waals surface area contributed by atoms with Gasteiger partial charge in [0.25, 0.3) is 4.31 Å². The molecule has 0 N–H and O–H groups in total. The second kappa shape index (κ2) is 3.45. The van der Waals surface area contributed by atoms with E-state index >= 15 is 0 Å². The molecule has 1 aromatic rings. The van der Waals surface area contributed by atoms with Crippen LogP contribution in [0.3, 0.4) is 0 Å². The molecule has 56 valence electrons. The van der Waals surface area contributed by atoms with E-state index in [1.54, 1.807) is 18.2 Å². The lowest BCUT2D eigenvalue weighted by Gasteiger charge is -2.03. The zero-order chi connectivity index (χ0) is 8.32. The third-order valence-corrected chi connectivity index (χ3v) is 2.53. The molecule has 0 aliphatic carbocycles. The Morgan fingerprint density at radius 3 is 2.00 bits per heavy atom. The Morgan fingerprint density at radius 1 is 1.00 bits per heavy atom. The summed E-state index contributed by atoms with van der Waals surface area (Å²) in [4.78, 5) is 0. The molecule has 0 radical (unpaired) electrons. The van der Waals surface area contributed by atoms with E-state index in [2.05, 4.69) is 0 Å². The smallest absolute Gasteiger partial charge is 0.206 e. The van der Waals surface area contributed by atoms with Gasteiger partial charge in [-0.1, -0.05) is 30.3 Å². The van der Waals surface area contributed by atoms with Gasteiger partial charge in [-0.3, -0.25) is 0 Å². The van der Waals surface area contributed by atoms with E-state index in [4.69, 9.17) is 0 Å². The van der Waals surface area contributed by atoms with Gasteiger partial charge in [0.2, 0.25) is 0 Å². The molecule has 0 bridgehead atoms. The minimum atomic E-state index is -3.96. The van der Waals surface area contributed by atoms with Gasteiger partial charge in [-0.05, 0) is 0 Å². The molecule has 0 amide bonds. The Bertz CT molecular complexity index is 217. The Labute approximate surface area is 72.1 Å². The van der Waals surface area contributed by atoms with Gasteiger partial charge >= 0.3 is 20.4 Å². The summed E-state index contributed by atoms with van der Waals surface area (Å²) in [6, 6.07) is 8.04. The van der Waals surface area contributed by atoms with Gasteiger partial charge in [0.1, 0.15) is 0 Å². The average Bonchev–Trinajstić information content (AvgIpc) is 1.85. The molecule has 4 heteroatoms. The third kappa shape index (κ3) is 3.62. The van der Waals surface area contributed by atoms with Crippen molar-refractivity contribution >= 4 is 24.1 Å². The first-order chi connectivity index (χ1) is 5.08. The fourth-order valence-electron chi connectivity index (χ4n) is 0.827. The topological polar surface area (TPSA) is 0 Å². The van der Waals surface area contributed by atoms with Gasteiger partial charge in [0, 0.05) is 0 Å². The zero-order valence-corrected chi connectivity index (χ0v) is 7.14. The highest BCUT2D eigenvalue weighted by Crippen LogP contribution is 2.11. The van der Waals surface area contributed by atoms with Crippen molar-refractivity contribution in [1.82, 2.24) is 0 Å². The molecular weight excluding hydrogens is 165 g/mol. The van der Waals surface area contributed by atoms with Crippen molar-refractivity contribution in [2.24, 2.45) is 0 Å². The van der Waals surface area contributed by atoms with Crippen LogP contribution in [0.2, 0.25) is 0 Å². The van der Waals surface area contributed by atoms with Crippen molar-refractivity contribution in [3.05, 3.63) is 30.3 Å². The second-order valence-electron chi connectivity index (χ2n) is 2.28. The summed E-state index contributed by atoms with van der Waals surface area (Å²) in [6.07, 6.45) is 0. The molecule has 0 fully saturated rings. The van der Waals surface area contributed by atoms with Crippen LogP contribution in [0.5, 0.6) is 0 Å². The molecule has 0 aliphatic heterocycles. The molecule has 0 saturated heterocycles. The summed E-state index contributed by atoms with van der Waals surface area (Å²) >= 11 is -2.07. The summed E-state index contributed by atoms with van der Waals surface area (Å²) < 4.78 is 31.9. The van der Waals surface area contributed by atoms with E-state index in [0.29, 0.717) is 3.69 Å². The third-order valence-electron chi connectivity index (χ3n) is 1.25. The standard InChI is InChI=1S/C6H5.CF3.Mg/c1-2-4-6-5-3-1;2-1(3)4;/h1-5H;;. The van der Waals surface area contributed by atoms with Crippen molar-refractivity contribution in [2.75, 3.05) is 0 Å². The fourth-order valence-corrected chi connectivity index (χ4v) is 1.80. The number of hydrogen-bond donors (Lipinski definition) is 0. The lowest BCUT2D eigenvalue weighted by atomic mass is 10.4. The minimum Gasteiger partial charge on any atom is -0.206 e. The maximum atomic E-state index is 11.8. The van der Waals surface area contributed by atoms with E-state index in [9.17, 15) is 13.2 Å². The summed E-state index contributed by atoms with van der Waals surface area (Å²) in [5, 5.41) is 0. The fraction of sp³-hybridized carbons (Fsp3) is 0.143. The van der Waals surface area contributed by atoms with Crippen LogP contribution in [-0.4, -0.2) is 24.7 Å². The van der Waals surface area contributed by atoms with Gasteiger partial charge in [-0.2, -0.15) is 3.69 Å². The Kier molecular flexibility index (Phi) is 2.78. The first kappa shape index (κ1) is 8.87. The average molecular weight is 170 g/mol. The second-order valence-corrected chi connectivity index (χ2v) is 4.25. The van der Waals surface area contributed by atoms with Crippen molar-refractivity contribution in [3.8, 4) is 0 Å². The highest BCUT2D eigenvalue weighted by Gasteiger charge is 2.31. The van der Waals surface area contributed by atoms with Crippen LogP contribution < -0.4 is 3.69 Å². The van der Waals surface area contributed by atoms with Crippen molar-refractivity contribution in [2.45, 2.75) is 4.31 Å². The summed E-state index contributed by atoms with van der Waals surface area (Å²) in [5.74, 6) is 0. The molecule has 0 heterocycles. The molecule has 1 rings (SSSR count). The molecule has 0 nitrogen and oxygen atoms in total. The Balaban J connectivity index is 2.66. The van der Waals surface area contributed by atoms with Crippen molar-refractivity contribution < 1.29 is 13.2 Å².